The minimum Gasteiger partial charge on any atom is -0.0715 e. The Kier molecular flexibility index (Phi) is 19.6. The first kappa shape index (κ1) is 16.5. The van der Waals surface area contributed by atoms with Crippen LogP contribution in [0.25, 0.3) is 0 Å². The van der Waals surface area contributed by atoms with E-state index in [4.69, 9.17) is 0 Å². The molecule has 0 N–H and O–H groups in total. The second-order valence-corrected chi connectivity index (χ2v) is 10.7. The van der Waals surface area contributed by atoms with Crippen LogP contribution in [0, 0.1) is 0 Å². The van der Waals surface area contributed by atoms with E-state index < -0.39 is 0 Å². The average molecular weight is 309 g/mol. The predicted molar refractivity (Wildman–Crippen MR) is 68.5 cm³/mol. The molecule has 0 aliphatic carbocycles. The molecule has 0 aliphatic rings. The molecule has 0 heterocycles. The van der Waals surface area contributed by atoms with Gasteiger partial charge in [0.25, 0.3) is 0 Å². The quantitative estimate of drug-likeness (QED) is 0.501. The molecular formula is C11H27SbSi. The van der Waals surface area contributed by atoms with Crippen LogP contribution in [0.2, 0.25) is 28.4 Å². The first-order chi connectivity index (χ1) is 6.15. The van der Waals surface area contributed by atoms with Gasteiger partial charge < -0.3 is 0 Å². The van der Waals surface area contributed by atoms with E-state index in [1.54, 1.807) is 8.73 Å². The minimum atomic E-state index is 0.120. The standard InChI is InChI=1S/2C4H9.C3H9Si.Sb/c2*1-3-4-2;1-4(2)3;/h2*1,3-4H2,2H3;1-3H3;. The van der Waals surface area contributed by atoms with E-state index in [2.05, 4.69) is 33.5 Å². The molecule has 0 aromatic rings. The van der Waals surface area contributed by atoms with Crippen molar-refractivity contribution in [2.45, 2.75) is 67.9 Å². The summed E-state index contributed by atoms with van der Waals surface area (Å²) in [6, 6.07) is 0. The molecule has 0 nitrogen and oxygen atoms in total. The van der Waals surface area contributed by atoms with Gasteiger partial charge in [-0.15, -0.1) is 0 Å². The zero-order valence-electron chi connectivity index (χ0n) is 10.2. The van der Waals surface area contributed by atoms with E-state index in [1.165, 1.54) is 25.7 Å². The third kappa shape index (κ3) is 32.1. The van der Waals surface area contributed by atoms with Crippen molar-refractivity contribution in [3.8, 4) is 0 Å². The fourth-order valence-corrected chi connectivity index (χ4v) is 4.37. The first-order valence-electron chi connectivity index (χ1n) is 5.55. The van der Waals surface area contributed by atoms with E-state index in [0.717, 1.165) is 0 Å². The second kappa shape index (κ2) is 15.5. The molecule has 0 rings (SSSR count). The maximum Gasteiger partial charge on any atom is 0.0379 e. The molecule has 0 amide bonds. The van der Waals surface area contributed by atoms with Crippen LogP contribution in [-0.2, 0) is 0 Å². The van der Waals surface area contributed by atoms with Gasteiger partial charge in [-0.25, -0.2) is 0 Å². The summed E-state index contributed by atoms with van der Waals surface area (Å²) in [4.78, 5) is 0. The van der Waals surface area contributed by atoms with Crippen molar-refractivity contribution in [3.63, 3.8) is 0 Å². The molecule has 0 aromatic heterocycles. The number of unbranched alkanes of at least 4 members (excludes halogenated alkanes) is 2. The van der Waals surface area contributed by atoms with Gasteiger partial charge in [-0.05, 0) is 0 Å². The smallest absolute Gasteiger partial charge is 0.0379 e. The SMILES string of the molecule is CCC[CH2][Sb][CH2]CCC.C[Si](C)C. The van der Waals surface area contributed by atoms with E-state index in [-0.39, 0.29) is 8.80 Å². The van der Waals surface area contributed by atoms with Gasteiger partial charge in [-0.2, -0.15) is 0 Å². The van der Waals surface area contributed by atoms with Crippen molar-refractivity contribution in [2.24, 2.45) is 0 Å². The Morgan fingerprint density at radius 2 is 1.15 bits per heavy atom. The molecular weight excluding hydrogens is 282 g/mol. The van der Waals surface area contributed by atoms with Crippen molar-refractivity contribution >= 4 is 30.4 Å². The monoisotopic (exact) mass is 308 g/mol. The van der Waals surface area contributed by atoms with Crippen molar-refractivity contribution in [1.29, 1.82) is 0 Å². The molecule has 2 radical (unpaired) electrons. The third-order valence-corrected chi connectivity index (χ3v) is 4.95. The van der Waals surface area contributed by atoms with E-state index >= 15 is 0 Å². The zero-order chi connectivity index (χ0) is 10.5. The Bertz CT molecular complexity index is 65.7. The molecule has 80 valence electrons. The van der Waals surface area contributed by atoms with Crippen LogP contribution < -0.4 is 0 Å². The molecule has 0 bridgehead atoms. The Morgan fingerprint density at radius 3 is 1.38 bits per heavy atom. The van der Waals surface area contributed by atoms with Gasteiger partial charge in [-0.1, -0.05) is 19.6 Å². The van der Waals surface area contributed by atoms with Gasteiger partial charge in [0.1, 0.15) is 0 Å². The molecule has 0 spiro atoms. The van der Waals surface area contributed by atoms with Gasteiger partial charge in [0.2, 0.25) is 0 Å². The fraction of sp³-hybridized carbons (Fsp3) is 1.00. The summed E-state index contributed by atoms with van der Waals surface area (Å²) in [5.41, 5.74) is 0. The van der Waals surface area contributed by atoms with Crippen molar-refractivity contribution in [2.75, 3.05) is 0 Å². The molecule has 13 heavy (non-hydrogen) atoms. The Hall–Kier alpha value is 1.04. The number of hydrogen-bond acceptors (Lipinski definition) is 0. The van der Waals surface area contributed by atoms with Crippen LogP contribution in [0.15, 0.2) is 0 Å². The summed E-state index contributed by atoms with van der Waals surface area (Å²) >= 11 is 0.304. The van der Waals surface area contributed by atoms with Gasteiger partial charge in [0.15, 0.2) is 0 Å². The fourth-order valence-electron chi connectivity index (χ4n) is 0.652. The van der Waals surface area contributed by atoms with Crippen LogP contribution in [-0.4, -0.2) is 30.4 Å². The number of hydrogen-bond donors (Lipinski definition) is 0. The van der Waals surface area contributed by atoms with Crippen molar-refractivity contribution in [3.05, 3.63) is 0 Å². The summed E-state index contributed by atoms with van der Waals surface area (Å²) in [6.07, 6.45) is 5.81. The van der Waals surface area contributed by atoms with E-state index in [1.807, 2.05) is 0 Å². The topological polar surface area (TPSA) is 0 Å². The van der Waals surface area contributed by atoms with Crippen LogP contribution in [0.1, 0.15) is 39.5 Å². The Morgan fingerprint density at radius 1 is 0.846 bits per heavy atom. The van der Waals surface area contributed by atoms with Gasteiger partial charge in [0, 0.05) is 8.80 Å². The molecule has 0 unspecified atom stereocenters. The normalized spacial score (nSPS) is 9.69. The first-order valence-corrected chi connectivity index (χ1v) is 12.2. The second-order valence-electron chi connectivity index (χ2n) is 3.88. The maximum absolute atomic E-state index is 2.29. The molecule has 0 aromatic carbocycles. The zero-order valence-corrected chi connectivity index (χ0v) is 13.7. The van der Waals surface area contributed by atoms with Gasteiger partial charge >= 0.3 is 69.9 Å². The molecule has 2 heteroatoms. The van der Waals surface area contributed by atoms with Gasteiger partial charge in [-0.3, -0.25) is 0 Å². The summed E-state index contributed by atoms with van der Waals surface area (Å²) in [5, 5.41) is 0. The van der Waals surface area contributed by atoms with Crippen molar-refractivity contribution < 1.29 is 0 Å². The van der Waals surface area contributed by atoms with Crippen LogP contribution in [0.5, 0.6) is 0 Å². The summed E-state index contributed by atoms with van der Waals surface area (Å²) in [7, 11) is 0.120. The van der Waals surface area contributed by atoms with Gasteiger partial charge in [0.05, 0.1) is 0 Å². The van der Waals surface area contributed by atoms with Crippen LogP contribution in [0.3, 0.4) is 0 Å². The van der Waals surface area contributed by atoms with Crippen molar-refractivity contribution in [1.82, 2.24) is 0 Å². The maximum atomic E-state index is 2.29. The summed E-state index contributed by atoms with van der Waals surface area (Å²) < 4.78 is 3.21. The largest absolute Gasteiger partial charge is 0.0715 e. The van der Waals surface area contributed by atoms with E-state index in [0.29, 0.717) is 21.6 Å². The minimum absolute atomic E-state index is 0.120. The Labute approximate surface area is 98.0 Å². The van der Waals surface area contributed by atoms with E-state index in [9.17, 15) is 0 Å². The summed E-state index contributed by atoms with van der Waals surface area (Å²) in [5.74, 6) is 0. The van der Waals surface area contributed by atoms with Crippen LogP contribution >= 0.6 is 0 Å². The molecule has 0 saturated carbocycles. The molecule has 0 atom stereocenters. The molecule has 0 saturated heterocycles. The van der Waals surface area contributed by atoms with Crippen LogP contribution in [0.4, 0.5) is 0 Å². The molecule has 0 fully saturated rings. The summed E-state index contributed by atoms with van der Waals surface area (Å²) in [6.45, 7) is 11.4. The predicted octanol–water partition coefficient (Wildman–Crippen LogP) is 4.50. The average Bonchev–Trinajstić information content (AvgIpc) is 2.03. The third-order valence-electron chi connectivity index (χ3n) is 1.34. The Balaban J connectivity index is 0. The number of rotatable bonds is 6. The molecule has 0 aliphatic heterocycles.